The Hall–Kier alpha value is -2.26. The summed E-state index contributed by atoms with van der Waals surface area (Å²) in [6.07, 6.45) is 1.26. The molecule has 0 fully saturated rings. The zero-order valence-electron chi connectivity index (χ0n) is 11.4. The highest BCUT2D eigenvalue weighted by molar-refractivity contribution is 9.10. The maximum atomic E-state index is 11.3. The van der Waals surface area contributed by atoms with Crippen LogP contribution in [0, 0.1) is 10.1 Å². The molecule has 0 bridgehead atoms. The average Bonchev–Trinajstić information content (AvgIpc) is 2.37. The Morgan fingerprint density at radius 2 is 2.00 bits per heavy atom. The van der Waals surface area contributed by atoms with Crippen molar-refractivity contribution in [2.24, 2.45) is 0 Å². The van der Waals surface area contributed by atoms with E-state index in [1.807, 2.05) is 12.1 Å². The molecule has 0 atom stereocenters. The minimum absolute atomic E-state index is 0.123. The molecule has 0 saturated carbocycles. The van der Waals surface area contributed by atoms with E-state index in [4.69, 9.17) is 0 Å². The number of aromatic nitrogens is 2. The second-order valence-corrected chi connectivity index (χ2v) is 5.23. The van der Waals surface area contributed by atoms with Crippen molar-refractivity contribution in [3.8, 4) is 0 Å². The number of halogens is 1. The molecule has 0 spiro atoms. The largest absolute Gasteiger partial charge is 0.354 e. The standard InChI is InChI=1S/C12H13BrN6O2/c1-18(2)17-12-10(19(20)21)11(14-7-15-12)16-9-5-3-4-8(13)6-9/h3-7H,1-2H3,(H2,14,15,16,17). The summed E-state index contributed by atoms with van der Waals surface area (Å²) in [5.74, 6) is 0.245. The first kappa shape index (κ1) is 15.1. The van der Waals surface area contributed by atoms with E-state index < -0.39 is 4.92 Å². The molecule has 1 aromatic heterocycles. The fraction of sp³-hybridized carbons (Fsp3) is 0.167. The van der Waals surface area contributed by atoms with Gasteiger partial charge in [-0.15, -0.1) is 0 Å². The van der Waals surface area contributed by atoms with Crippen LogP contribution in [0.2, 0.25) is 0 Å². The van der Waals surface area contributed by atoms with Crippen molar-refractivity contribution in [1.82, 2.24) is 15.0 Å². The summed E-state index contributed by atoms with van der Waals surface area (Å²) in [4.78, 5) is 18.6. The first-order valence-electron chi connectivity index (χ1n) is 5.93. The van der Waals surface area contributed by atoms with Crippen molar-refractivity contribution < 1.29 is 4.92 Å². The number of nitro groups is 1. The van der Waals surface area contributed by atoms with Crippen molar-refractivity contribution >= 4 is 38.9 Å². The van der Waals surface area contributed by atoms with E-state index >= 15 is 0 Å². The lowest BCUT2D eigenvalue weighted by Crippen LogP contribution is -2.21. The monoisotopic (exact) mass is 352 g/mol. The van der Waals surface area contributed by atoms with Crippen LogP contribution in [0.15, 0.2) is 35.1 Å². The van der Waals surface area contributed by atoms with Crippen LogP contribution in [-0.2, 0) is 0 Å². The Labute approximate surface area is 129 Å². The Bertz CT molecular complexity index is 664. The summed E-state index contributed by atoms with van der Waals surface area (Å²) in [5.41, 5.74) is 3.25. The molecule has 9 heteroatoms. The molecule has 2 aromatic rings. The summed E-state index contributed by atoms with van der Waals surface area (Å²) < 4.78 is 0.857. The number of nitrogens with zero attached hydrogens (tertiary/aromatic N) is 4. The molecule has 21 heavy (non-hydrogen) atoms. The SMILES string of the molecule is CN(C)Nc1ncnc(Nc2cccc(Br)c2)c1[N+](=O)[O-]. The van der Waals surface area contributed by atoms with Crippen LogP contribution in [0.25, 0.3) is 0 Å². The van der Waals surface area contributed by atoms with Crippen LogP contribution in [0.4, 0.5) is 23.0 Å². The van der Waals surface area contributed by atoms with Crippen molar-refractivity contribution in [2.45, 2.75) is 0 Å². The van der Waals surface area contributed by atoms with E-state index in [-0.39, 0.29) is 17.3 Å². The van der Waals surface area contributed by atoms with Gasteiger partial charge in [0.05, 0.1) is 4.92 Å². The predicted octanol–water partition coefficient (Wildman–Crippen LogP) is 2.78. The van der Waals surface area contributed by atoms with Gasteiger partial charge in [-0.25, -0.2) is 15.0 Å². The minimum Gasteiger partial charge on any atom is -0.334 e. The maximum Gasteiger partial charge on any atom is 0.354 e. The lowest BCUT2D eigenvalue weighted by Gasteiger charge is -2.14. The zero-order valence-corrected chi connectivity index (χ0v) is 13.0. The summed E-state index contributed by atoms with van der Waals surface area (Å²) in [5, 5.41) is 15.8. The molecule has 0 aliphatic carbocycles. The van der Waals surface area contributed by atoms with Gasteiger partial charge in [0, 0.05) is 24.3 Å². The fourth-order valence-corrected chi connectivity index (χ4v) is 2.04. The van der Waals surface area contributed by atoms with E-state index in [1.165, 1.54) is 6.33 Å². The molecule has 2 rings (SSSR count). The maximum absolute atomic E-state index is 11.3. The van der Waals surface area contributed by atoms with Crippen LogP contribution in [0.1, 0.15) is 0 Å². The molecule has 1 heterocycles. The number of benzene rings is 1. The van der Waals surface area contributed by atoms with Gasteiger partial charge in [0.25, 0.3) is 0 Å². The highest BCUT2D eigenvalue weighted by Gasteiger charge is 2.23. The van der Waals surface area contributed by atoms with Crippen LogP contribution in [-0.4, -0.2) is 34.0 Å². The van der Waals surface area contributed by atoms with E-state index in [1.54, 1.807) is 31.2 Å². The zero-order chi connectivity index (χ0) is 15.4. The second-order valence-electron chi connectivity index (χ2n) is 4.32. The van der Waals surface area contributed by atoms with E-state index in [0.717, 1.165) is 4.47 Å². The summed E-state index contributed by atoms with van der Waals surface area (Å²) in [6, 6.07) is 7.26. The number of hydrazine groups is 1. The van der Waals surface area contributed by atoms with Crippen LogP contribution in [0.5, 0.6) is 0 Å². The normalized spacial score (nSPS) is 10.5. The van der Waals surface area contributed by atoms with Gasteiger partial charge in [-0.05, 0) is 18.2 Å². The molecule has 0 amide bonds. The van der Waals surface area contributed by atoms with Gasteiger partial charge in [0.15, 0.2) is 0 Å². The number of hydrogen-bond acceptors (Lipinski definition) is 7. The number of rotatable bonds is 5. The summed E-state index contributed by atoms with van der Waals surface area (Å²) >= 11 is 3.34. The first-order chi connectivity index (χ1) is 9.97. The molecular formula is C12H13BrN6O2. The lowest BCUT2D eigenvalue weighted by atomic mass is 10.3. The molecule has 1 aromatic carbocycles. The van der Waals surface area contributed by atoms with E-state index in [2.05, 4.69) is 36.6 Å². The summed E-state index contributed by atoms with van der Waals surface area (Å²) in [6.45, 7) is 0. The Balaban J connectivity index is 2.41. The first-order valence-corrected chi connectivity index (χ1v) is 6.72. The molecule has 0 unspecified atom stereocenters. The highest BCUT2D eigenvalue weighted by atomic mass is 79.9. The molecule has 2 N–H and O–H groups in total. The lowest BCUT2D eigenvalue weighted by molar-refractivity contribution is -0.383. The molecule has 110 valence electrons. The van der Waals surface area contributed by atoms with Crippen molar-refractivity contribution in [1.29, 1.82) is 0 Å². The average molecular weight is 353 g/mol. The third-order valence-corrected chi connectivity index (χ3v) is 2.91. The van der Waals surface area contributed by atoms with Crippen molar-refractivity contribution in [3.05, 3.63) is 45.2 Å². The molecule has 0 radical (unpaired) electrons. The van der Waals surface area contributed by atoms with Crippen molar-refractivity contribution in [2.75, 3.05) is 24.8 Å². The van der Waals surface area contributed by atoms with Gasteiger partial charge in [0.2, 0.25) is 11.6 Å². The van der Waals surface area contributed by atoms with E-state index in [0.29, 0.717) is 5.69 Å². The summed E-state index contributed by atoms with van der Waals surface area (Å²) in [7, 11) is 3.43. The van der Waals surface area contributed by atoms with Crippen LogP contribution < -0.4 is 10.7 Å². The molecule has 0 aliphatic rings. The second kappa shape index (κ2) is 6.46. The van der Waals surface area contributed by atoms with Crippen LogP contribution >= 0.6 is 15.9 Å². The van der Waals surface area contributed by atoms with Gasteiger partial charge >= 0.3 is 5.69 Å². The third kappa shape index (κ3) is 3.86. The van der Waals surface area contributed by atoms with Gasteiger partial charge in [-0.3, -0.25) is 15.5 Å². The molecule has 0 aliphatic heterocycles. The Morgan fingerprint density at radius 3 is 2.62 bits per heavy atom. The van der Waals surface area contributed by atoms with Gasteiger partial charge in [-0.1, -0.05) is 22.0 Å². The number of anilines is 3. The fourth-order valence-electron chi connectivity index (χ4n) is 1.64. The topological polar surface area (TPSA) is 96.2 Å². The van der Waals surface area contributed by atoms with Crippen molar-refractivity contribution in [3.63, 3.8) is 0 Å². The van der Waals surface area contributed by atoms with Gasteiger partial charge in [0.1, 0.15) is 6.33 Å². The highest BCUT2D eigenvalue weighted by Crippen LogP contribution is 2.31. The Kier molecular flexibility index (Phi) is 4.66. The molecule has 8 nitrogen and oxygen atoms in total. The molecular weight excluding hydrogens is 340 g/mol. The number of nitrogens with one attached hydrogen (secondary N) is 2. The van der Waals surface area contributed by atoms with Gasteiger partial charge < -0.3 is 5.32 Å². The quantitative estimate of drug-likeness (QED) is 0.630. The minimum atomic E-state index is -0.522. The Morgan fingerprint density at radius 1 is 1.29 bits per heavy atom. The van der Waals surface area contributed by atoms with Gasteiger partial charge in [-0.2, -0.15) is 0 Å². The third-order valence-electron chi connectivity index (χ3n) is 2.42. The van der Waals surface area contributed by atoms with Crippen LogP contribution in [0.3, 0.4) is 0 Å². The molecule has 0 saturated heterocycles. The predicted molar refractivity (Wildman–Crippen MR) is 83.4 cm³/mol. The van der Waals surface area contributed by atoms with E-state index in [9.17, 15) is 10.1 Å². The number of hydrogen-bond donors (Lipinski definition) is 2. The smallest absolute Gasteiger partial charge is 0.334 e.